The van der Waals surface area contributed by atoms with Gasteiger partial charge in [-0.1, -0.05) is 6.07 Å². The summed E-state index contributed by atoms with van der Waals surface area (Å²) in [4.78, 5) is 27.2. The summed E-state index contributed by atoms with van der Waals surface area (Å²) < 4.78 is 5.15. The number of aromatic nitrogens is 1. The van der Waals surface area contributed by atoms with E-state index in [1.165, 1.54) is 14.0 Å². The lowest BCUT2D eigenvalue weighted by atomic mass is 10.2. The van der Waals surface area contributed by atoms with Crippen LogP contribution in [0.25, 0.3) is 0 Å². The highest BCUT2D eigenvalue weighted by atomic mass is 16.5. The van der Waals surface area contributed by atoms with E-state index in [9.17, 15) is 9.59 Å². The Bertz CT molecular complexity index is 656. The number of hydrogen-bond donors (Lipinski definition) is 2. The average molecular weight is 285 g/mol. The number of hydrogen-bond acceptors (Lipinski definition) is 4. The molecule has 0 aliphatic rings. The molecular formula is C15H15N3O3. The maximum atomic E-state index is 12.0. The van der Waals surface area contributed by atoms with E-state index in [0.717, 1.165) is 0 Å². The molecule has 0 spiro atoms. The molecule has 0 atom stereocenters. The highest BCUT2D eigenvalue weighted by Gasteiger charge is 2.10. The first-order valence-corrected chi connectivity index (χ1v) is 6.28. The van der Waals surface area contributed by atoms with E-state index < -0.39 is 0 Å². The van der Waals surface area contributed by atoms with Crippen LogP contribution in [0.3, 0.4) is 0 Å². The Morgan fingerprint density at radius 2 is 1.95 bits per heavy atom. The van der Waals surface area contributed by atoms with Gasteiger partial charge in [0.1, 0.15) is 11.4 Å². The Morgan fingerprint density at radius 1 is 1.14 bits per heavy atom. The van der Waals surface area contributed by atoms with Crippen LogP contribution in [0, 0.1) is 0 Å². The molecule has 108 valence electrons. The summed E-state index contributed by atoms with van der Waals surface area (Å²) >= 11 is 0. The zero-order valence-electron chi connectivity index (χ0n) is 11.7. The van der Waals surface area contributed by atoms with Crippen molar-refractivity contribution in [3.8, 4) is 5.75 Å². The molecular weight excluding hydrogens is 270 g/mol. The van der Waals surface area contributed by atoms with Gasteiger partial charge in [0.25, 0.3) is 5.91 Å². The van der Waals surface area contributed by atoms with Crippen LogP contribution in [0.4, 0.5) is 11.4 Å². The minimum atomic E-state index is -0.324. The Morgan fingerprint density at radius 3 is 2.57 bits per heavy atom. The summed E-state index contributed by atoms with van der Waals surface area (Å²) in [5.74, 6) is -0.0305. The van der Waals surface area contributed by atoms with E-state index in [1.807, 2.05) is 0 Å². The molecule has 0 fully saturated rings. The van der Waals surface area contributed by atoms with Crippen LogP contribution >= 0.6 is 0 Å². The van der Waals surface area contributed by atoms with Gasteiger partial charge in [-0.3, -0.25) is 14.6 Å². The summed E-state index contributed by atoms with van der Waals surface area (Å²) in [5, 5.41) is 5.36. The fourth-order valence-electron chi connectivity index (χ4n) is 1.77. The van der Waals surface area contributed by atoms with Crippen LogP contribution in [0.1, 0.15) is 17.4 Å². The molecule has 0 saturated heterocycles. The second kappa shape index (κ2) is 6.51. The number of pyridine rings is 1. The van der Waals surface area contributed by atoms with Crippen molar-refractivity contribution in [2.24, 2.45) is 0 Å². The standard InChI is InChI=1S/C15H15N3O3/c1-10(19)17-13-9-11(6-7-14(13)21-2)18-15(20)12-5-3-4-8-16-12/h3-9H,1-2H3,(H,17,19)(H,18,20). The van der Waals surface area contributed by atoms with Gasteiger partial charge in [0.2, 0.25) is 5.91 Å². The molecule has 6 heteroatoms. The molecule has 2 amide bonds. The number of anilines is 2. The molecule has 6 nitrogen and oxygen atoms in total. The topological polar surface area (TPSA) is 80.3 Å². The predicted octanol–water partition coefficient (Wildman–Crippen LogP) is 2.30. The molecule has 0 saturated carbocycles. The predicted molar refractivity (Wildman–Crippen MR) is 79.5 cm³/mol. The van der Waals surface area contributed by atoms with Crippen LogP contribution in [0.2, 0.25) is 0 Å². The van der Waals surface area contributed by atoms with Crippen molar-refractivity contribution < 1.29 is 14.3 Å². The Hall–Kier alpha value is -2.89. The second-order valence-corrected chi connectivity index (χ2v) is 4.27. The van der Waals surface area contributed by atoms with Crippen molar-refractivity contribution in [2.75, 3.05) is 17.7 Å². The molecule has 1 aromatic carbocycles. The SMILES string of the molecule is COc1ccc(NC(=O)c2ccccn2)cc1NC(C)=O. The number of nitrogens with zero attached hydrogens (tertiary/aromatic N) is 1. The van der Waals surface area contributed by atoms with Crippen molar-refractivity contribution in [3.63, 3.8) is 0 Å². The summed E-state index contributed by atoms with van der Waals surface area (Å²) in [6, 6.07) is 10.1. The third kappa shape index (κ3) is 3.79. The molecule has 2 N–H and O–H groups in total. The van der Waals surface area contributed by atoms with Gasteiger partial charge in [-0.2, -0.15) is 0 Å². The molecule has 21 heavy (non-hydrogen) atoms. The third-order valence-electron chi connectivity index (χ3n) is 2.67. The monoisotopic (exact) mass is 285 g/mol. The molecule has 1 heterocycles. The highest BCUT2D eigenvalue weighted by molar-refractivity contribution is 6.03. The van der Waals surface area contributed by atoms with Crippen LogP contribution < -0.4 is 15.4 Å². The van der Waals surface area contributed by atoms with Crippen molar-refractivity contribution in [3.05, 3.63) is 48.3 Å². The number of benzene rings is 1. The van der Waals surface area contributed by atoms with Crippen LogP contribution in [0.5, 0.6) is 5.75 Å². The van der Waals surface area contributed by atoms with Crippen LogP contribution in [-0.2, 0) is 4.79 Å². The van der Waals surface area contributed by atoms with E-state index in [2.05, 4.69) is 15.6 Å². The van der Waals surface area contributed by atoms with Crippen LogP contribution in [-0.4, -0.2) is 23.9 Å². The molecule has 0 aliphatic carbocycles. The zero-order chi connectivity index (χ0) is 15.2. The van der Waals surface area contributed by atoms with E-state index in [-0.39, 0.29) is 11.8 Å². The number of nitrogens with one attached hydrogen (secondary N) is 2. The largest absolute Gasteiger partial charge is 0.495 e. The molecule has 2 rings (SSSR count). The van der Waals surface area contributed by atoms with Gasteiger partial charge in [0, 0.05) is 18.8 Å². The summed E-state index contributed by atoms with van der Waals surface area (Å²) in [6.45, 7) is 1.40. The van der Waals surface area contributed by atoms with E-state index in [1.54, 1.807) is 42.6 Å². The van der Waals surface area contributed by atoms with Gasteiger partial charge in [-0.05, 0) is 30.3 Å². The molecule has 2 aromatic rings. The molecule has 1 aromatic heterocycles. The van der Waals surface area contributed by atoms with Gasteiger partial charge >= 0.3 is 0 Å². The summed E-state index contributed by atoms with van der Waals surface area (Å²) in [7, 11) is 1.51. The van der Waals surface area contributed by atoms with Gasteiger partial charge in [-0.15, -0.1) is 0 Å². The second-order valence-electron chi connectivity index (χ2n) is 4.27. The minimum absolute atomic E-state index is 0.221. The average Bonchev–Trinajstić information content (AvgIpc) is 2.48. The minimum Gasteiger partial charge on any atom is -0.495 e. The maximum absolute atomic E-state index is 12.0. The summed E-state index contributed by atoms with van der Waals surface area (Å²) in [6.07, 6.45) is 1.55. The summed E-state index contributed by atoms with van der Waals surface area (Å²) in [5.41, 5.74) is 1.34. The van der Waals surface area contributed by atoms with Crippen molar-refractivity contribution >= 4 is 23.2 Å². The first kappa shape index (κ1) is 14.5. The molecule has 0 bridgehead atoms. The fourth-order valence-corrected chi connectivity index (χ4v) is 1.77. The van der Waals surface area contributed by atoms with Crippen molar-refractivity contribution in [1.29, 1.82) is 0 Å². The zero-order valence-corrected chi connectivity index (χ0v) is 11.7. The number of rotatable bonds is 4. The lowest BCUT2D eigenvalue weighted by Crippen LogP contribution is -2.14. The first-order chi connectivity index (χ1) is 10.1. The Kier molecular flexibility index (Phi) is 4.50. The van der Waals surface area contributed by atoms with Gasteiger partial charge in [0.05, 0.1) is 12.8 Å². The van der Waals surface area contributed by atoms with Crippen molar-refractivity contribution in [1.82, 2.24) is 4.98 Å². The highest BCUT2D eigenvalue weighted by Crippen LogP contribution is 2.27. The fraction of sp³-hybridized carbons (Fsp3) is 0.133. The van der Waals surface area contributed by atoms with Gasteiger partial charge in [0.15, 0.2) is 0 Å². The lowest BCUT2D eigenvalue weighted by molar-refractivity contribution is -0.114. The van der Waals surface area contributed by atoms with E-state index in [4.69, 9.17) is 4.74 Å². The van der Waals surface area contributed by atoms with Gasteiger partial charge < -0.3 is 15.4 Å². The number of ether oxygens (including phenoxy) is 1. The van der Waals surface area contributed by atoms with E-state index >= 15 is 0 Å². The number of methoxy groups -OCH3 is 1. The quantitative estimate of drug-likeness (QED) is 0.903. The Balaban J connectivity index is 2.20. The smallest absolute Gasteiger partial charge is 0.274 e. The normalized spacial score (nSPS) is 9.81. The van der Waals surface area contributed by atoms with Gasteiger partial charge in [-0.25, -0.2) is 0 Å². The molecule has 0 radical (unpaired) electrons. The van der Waals surface area contributed by atoms with Crippen LogP contribution in [0.15, 0.2) is 42.6 Å². The Labute approximate surface area is 122 Å². The maximum Gasteiger partial charge on any atom is 0.274 e. The van der Waals surface area contributed by atoms with E-state index in [0.29, 0.717) is 22.8 Å². The van der Waals surface area contributed by atoms with Crippen molar-refractivity contribution in [2.45, 2.75) is 6.92 Å². The number of amides is 2. The molecule has 0 aliphatic heterocycles. The third-order valence-corrected chi connectivity index (χ3v) is 2.67. The lowest BCUT2D eigenvalue weighted by Gasteiger charge is -2.11. The number of carbonyl (C=O) groups is 2. The number of carbonyl (C=O) groups excluding carboxylic acids is 2. The first-order valence-electron chi connectivity index (χ1n) is 6.28. The molecule has 0 unspecified atom stereocenters.